The fourth-order valence-electron chi connectivity index (χ4n) is 1.77. The van der Waals surface area contributed by atoms with E-state index in [1.54, 1.807) is 6.07 Å². The summed E-state index contributed by atoms with van der Waals surface area (Å²) in [5.74, 6) is 0.933. The Labute approximate surface area is 104 Å². The highest BCUT2D eigenvalue weighted by atomic mass is 35.5. The third-order valence-electron chi connectivity index (χ3n) is 2.70. The molecule has 0 bridgehead atoms. The van der Waals surface area contributed by atoms with E-state index in [1.807, 2.05) is 4.90 Å². The lowest BCUT2D eigenvalue weighted by atomic mass is 10.1. The number of aromatic nitrogens is 1. The second-order valence-corrected chi connectivity index (χ2v) is 4.69. The molecule has 0 amide bonds. The van der Waals surface area contributed by atoms with Gasteiger partial charge in [-0.3, -0.25) is 0 Å². The standard InChI is InChI=1S/C10H13Cl2N3O/c11-7-5-8(12)10(14-9(7)13)15-3-1-6(16)2-4-15/h5-6,16H,1-4H2,(H2,13,14). The van der Waals surface area contributed by atoms with Crippen molar-refractivity contribution in [1.29, 1.82) is 0 Å². The number of hydrogen-bond acceptors (Lipinski definition) is 4. The molecule has 0 atom stereocenters. The Bertz CT molecular complexity index is 392. The summed E-state index contributed by atoms with van der Waals surface area (Å²) in [4.78, 5) is 6.19. The Morgan fingerprint density at radius 2 is 1.94 bits per heavy atom. The van der Waals surface area contributed by atoms with Gasteiger partial charge in [-0.05, 0) is 18.9 Å². The third-order valence-corrected chi connectivity index (χ3v) is 3.28. The lowest BCUT2D eigenvalue weighted by Gasteiger charge is -2.31. The Morgan fingerprint density at radius 1 is 1.31 bits per heavy atom. The second-order valence-electron chi connectivity index (χ2n) is 3.88. The highest BCUT2D eigenvalue weighted by Gasteiger charge is 2.20. The third kappa shape index (κ3) is 2.34. The summed E-state index contributed by atoms with van der Waals surface area (Å²) in [6, 6.07) is 1.60. The van der Waals surface area contributed by atoms with Gasteiger partial charge in [-0.15, -0.1) is 0 Å². The van der Waals surface area contributed by atoms with Crippen molar-refractivity contribution in [3.05, 3.63) is 16.1 Å². The van der Waals surface area contributed by atoms with Gasteiger partial charge in [0.05, 0.1) is 16.1 Å². The predicted octanol–water partition coefficient (Wildman–Crippen LogP) is 1.93. The number of nitrogen functional groups attached to an aromatic ring is 1. The summed E-state index contributed by atoms with van der Waals surface area (Å²) in [5.41, 5.74) is 5.65. The van der Waals surface area contributed by atoms with E-state index in [4.69, 9.17) is 28.9 Å². The Balaban J connectivity index is 2.23. The van der Waals surface area contributed by atoms with E-state index in [2.05, 4.69) is 4.98 Å². The molecule has 1 aromatic rings. The number of hydrogen-bond donors (Lipinski definition) is 2. The number of aliphatic hydroxyl groups excluding tert-OH is 1. The first kappa shape index (κ1) is 11.8. The van der Waals surface area contributed by atoms with Gasteiger partial charge in [-0.2, -0.15) is 0 Å². The first-order valence-electron chi connectivity index (χ1n) is 5.12. The lowest BCUT2D eigenvalue weighted by molar-refractivity contribution is 0.145. The van der Waals surface area contributed by atoms with Gasteiger partial charge in [0.25, 0.3) is 0 Å². The van der Waals surface area contributed by atoms with Crippen molar-refractivity contribution in [1.82, 2.24) is 4.98 Å². The van der Waals surface area contributed by atoms with Crippen LogP contribution in [0, 0.1) is 0 Å². The molecule has 1 aliphatic rings. The molecule has 0 aromatic carbocycles. The molecule has 2 rings (SSSR count). The van der Waals surface area contributed by atoms with Crippen LogP contribution in [0.4, 0.5) is 11.6 Å². The fraction of sp³-hybridized carbons (Fsp3) is 0.500. The molecule has 0 aliphatic carbocycles. The summed E-state index contributed by atoms with van der Waals surface area (Å²) >= 11 is 11.9. The minimum atomic E-state index is -0.223. The van der Waals surface area contributed by atoms with Crippen LogP contribution in [0.5, 0.6) is 0 Å². The van der Waals surface area contributed by atoms with Crippen molar-refractivity contribution >= 4 is 34.8 Å². The van der Waals surface area contributed by atoms with Crippen molar-refractivity contribution < 1.29 is 5.11 Å². The van der Waals surface area contributed by atoms with Gasteiger partial charge in [0.2, 0.25) is 0 Å². The van der Waals surface area contributed by atoms with Crippen LogP contribution in [-0.4, -0.2) is 29.3 Å². The molecule has 0 saturated carbocycles. The molecule has 6 heteroatoms. The maximum Gasteiger partial charge on any atom is 0.149 e. The van der Waals surface area contributed by atoms with Crippen LogP contribution in [0.15, 0.2) is 6.07 Å². The minimum Gasteiger partial charge on any atom is -0.393 e. The van der Waals surface area contributed by atoms with Crippen LogP contribution in [0.25, 0.3) is 0 Å². The first-order valence-corrected chi connectivity index (χ1v) is 5.88. The smallest absolute Gasteiger partial charge is 0.149 e. The van der Waals surface area contributed by atoms with Crippen molar-refractivity contribution in [3.63, 3.8) is 0 Å². The van der Waals surface area contributed by atoms with E-state index in [9.17, 15) is 5.11 Å². The van der Waals surface area contributed by atoms with Gasteiger partial charge in [0.15, 0.2) is 0 Å². The van der Waals surface area contributed by atoms with E-state index >= 15 is 0 Å². The number of halogens is 2. The van der Waals surface area contributed by atoms with Crippen molar-refractivity contribution in [3.8, 4) is 0 Å². The first-order chi connectivity index (χ1) is 7.58. The summed E-state index contributed by atoms with van der Waals surface area (Å²) in [6.07, 6.45) is 1.22. The number of anilines is 2. The second kappa shape index (κ2) is 4.65. The summed E-state index contributed by atoms with van der Waals surface area (Å²) < 4.78 is 0. The van der Waals surface area contributed by atoms with Crippen LogP contribution >= 0.6 is 23.2 Å². The molecule has 1 saturated heterocycles. The number of piperidine rings is 1. The van der Waals surface area contributed by atoms with E-state index in [1.165, 1.54) is 0 Å². The number of nitrogens with zero attached hydrogens (tertiary/aromatic N) is 2. The van der Waals surface area contributed by atoms with E-state index < -0.39 is 0 Å². The summed E-state index contributed by atoms with van der Waals surface area (Å²) in [6.45, 7) is 1.46. The largest absolute Gasteiger partial charge is 0.393 e. The van der Waals surface area contributed by atoms with Gasteiger partial charge in [0, 0.05) is 13.1 Å². The van der Waals surface area contributed by atoms with Gasteiger partial charge >= 0.3 is 0 Å². The minimum absolute atomic E-state index is 0.223. The normalized spacial score (nSPS) is 17.8. The van der Waals surface area contributed by atoms with Crippen LogP contribution in [0.2, 0.25) is 10.0 Å². The summed E-state index contributed by atoms with van der Waals surface area (Å²) in [7, 11) is 0. The highest BCUT2D eigenvalue weighted by Crippen LogP contribution is 2.31. The summed E-state index contributed by atoms with van der Waals surface area (Å²) in [5, 5.41) is 10.3. The molecule has 1 aliphatic heterocycles. The zero-order chi connectivity index (χ0) is 11.7. The zero-order valence-electron chi connectivity index (χ0n) is 8.66. The van der Waals surface area contributed by atoms with E-state index in [-0.39, 0.29) is 11.9 Å². The highest BCUT2D eigenvalue weighted by molar-refractivity contribution is 6.37. The molecule has 88 valence electrons. The number of rotatable bonds is 1. The molecular formula is C10H13Cl2N3O. The molecule has 0 spiro atoms. The maximum absolute atomic E-state index is 9.42. The predicted molar refractivity (Wildman–Crippen MR) is 66.1 cm³/mol. The van der Waals surface area contributed by atoms with Gasteiger partial charge in [0.1, 0.15) is 11.6 Å². The Hall–Kier alpha value is -0.710. The molecule has 1 aromatic heterocycles. The Morgan fingerprint density at radius 3 is 2.56 bits per heavy atom. The average Bonchev–Trinajstić information content (AvgIpc) is 2.25. The SMILES string of the molecule is Nc1nc(N2CCC(O)CC2)c(Cl)cc1Cl. The number of nitrogens with two attached hydrogens (primary N) is 1. The molecule has 0 unspecified atom stereocenters. The number of aliphatic hydroxyl groups is 1. The molecule has 4 nitrogen and oxygen atoms in total. The molecule has 16 heavy (non-hydrogen) atoms. The van der Waals surface area contributed by atoms with Crippen molar-refractivity contribution in [2.24, 2.45) is 0 Å². The van der Waals surface area contributed by atoms with Crippen LogP contribution in [0.3, 0.4) is 0 Å². The monoisotopic (exact) mass is 261 g/mol. The van der Waals surface area contributed by atoms with Gasteiger partial charge in [-0.1, -0.05) is 23.2 Å². The quantitative estimate of drug-likeness (QED) is 0.811. The van der Waals surface area contributed by atoms with Crippen molar-refractivity contribution in [2.75, 3.05) is 23.7 Å². The van der Waals surface area contributed by atoms with Gasteiger partial charge < -0.3 is 15.7 Å². The van der Waals surface area contributed by atoms with Crippen LogP contribution in [0.1, 0.15) is 12.8 Å². The van der Waals surface area contributed by atoms with Crippen molar-refractivity contribution in [2.45, 2.75) is 18.9 Å². The van der Waals surface area contributed by atoms with Crippen LogP contribution < -0.4 is 10.6 Å². The maximum atomic E-state index is 9.42. The van der Waals surface area contributed by atoms with Crippen LogP contribution in [-0.2, 0) is 0 Å². The van der Waals surface area contributed by atoms with Gasteiger partial charge in [-0.25, -0.2) is 4.98 Å². The van der Waals surface area contributed by atoms with E-state index in [0.29, 0.717) is 15.9 Å². The Kier molecular flexibility index (Phi) is 3.42. The fourth-order valence-corrected chi connectivity index (χ4v) is 2.25. The average molecular weight is 262 g/mol. The molecule has 0 radical (unpaired) electrons. The molecule has 1 fully saturated rings. The number of pyridine rings is 1. The molecule has 2 heterocycles. The molecular weight excluding hydrogens is 249 g/mol. The lowest BCUT2D eigenvalue weighted by Crippen LogP contribution is -2.36. The zero-order valence-corrected chi connectivity index (χ0v) is 10.2. The molecule has 3 N–H and O–H groups in total. The van der Waals surface area contributed by atoms with E-state index in [0.717, 1.165) is 25.9 Å². The topological polar surface area (TPSA) is 62.4 Å².